The van der Waals surface area contributed by atoms with Crippen molar-refractivity contribution in [2.75, 3.05) is 7.05 Å². The van der Waals surface area contributed by atoms with E-state index < -0.39 is 0 Å². The molecule has 3 nitrogen and oxygen atoms in total. The van der Waals surface area contributed by atoms with Crippen molar-refractivity contribution in [3.63, 3.8) is 0 Å². The van der Waals surface area contributed by atoms with Crippen molar-refractivity contribution in [1.82, 2.24) is 10.3 Å². The summed E-state index contributed by atoms with van der Waals surface area (Å²) in [7, 11) is 1.88. The van der Waals surface area contributed by atoms with Crippen LogP contribution in [0.2, 0.25) is 0 Å². The Bertz CT molecular complexity index is 519. The molecule has 0 aliphatic heterocycles. The van der Waals surface area contributed by atoms with E-state index in [0.717, 1.165) is 27.9 Å². The van der Waals surface area contributed by atoms with Gasteiger partial charge in [-0.2, -0.15) is 0 Å². The standard InChI is InChI=1S/C13H17BrN2O/c1-8(2)4-9-5-10(14)13-11(6-9)16-12(17-13)7-15-3/h5-6,8,15H,4,7H2,1-3H3. The van der Waals surface area contributed by atoms with Gasteiger partial charge in [-0.05, 0) is 53.0 Å². The van der Waals surface area contributed by atoms with E-state index in [9.17, 15) is 0 Å². The normalized spacial score (nSPS) is 11.6. The van der Waals surface area contributed by atoms with Crippen molar-refractivity contribution in [3.05, 3.63) is 28.1 Å². The van der Waals surface area contributed by atoms with Crippen molar-refractivity contribution >= 4 is 27.0 Å². The van der Waals surface area contributed by atoms with Crippen LogP contribution in [0.5, 0.6) is 0 Å². The van der Waals surface area contributed by atoms with Crippen LogP contribution in [0.1, 0.15) is 25.3 Å². The van der Waals surface area contributed by atoms with Gasteiger partial charge in [0, 0.05) is 0 Å². The van der Waals surface area contributed by atoms with Crippen molar-refractivity contribution in [2.45, 2.75) is 26.8 Å². The Hall–Kier alpha value is -0.870. The van der Waals surface area contributed by atoms with Crippen LogP contribution in [0, 0.1) is 5.92 Å². The molecule has 1 N–H and O–H groups in total. The molecule has 0 unspecified atom stereocenters. The number of hydrogen-bond acceptors (Lipinski definition) is 3. The number of fused-ring (bicyclic) bond motifs is 1. The molecule has 0 amide bonds. The summed E-state index contributed by atoms with van der Waals surface area (Å²) in [5.74, 6) is 1.37. The maximum absolute atomic E-state index is 5.68. The lowest BCUT2D eigenvalue weighted by Gasteiger charge is -2.04. The molecule has 0 saturated heterocycles. The van der Waals surface area contributed by atoms with Crippen LogP contribution in [-0.4, -0.2) is 12.0 Å². The average molecular weight is 297 g/mol. The average Bonchev–Trinajstić information content (AvgIpc) is 2.60. The molecule has 0 spiro atoms. The zero-order valence-corrected chi connectivity index (χ0v) is 12.0. The topological polar surface area (TPSA) is 38.1 Å². The monoisotopic (exact) mass is 296 g/mol. The molecule has 0 aliphatic carbocycles. The van der Waals surface area contributed by atoms with Gasteiger partial charge in [0.15, 0.2) is 5.58 Å². The number of aromatic nitrogens is 1. The Labute approximate surface area is 110 Å². The summed E-state index contributed by atoms with van der Waals surface area (Å²) in [5, 5.41) is 3.04. The molecule has 1 aromatic carbocycles. The van der Waals surface area contributed by atoms with Gasteiger partial charge >= 0.3 is 0 Å². The second kappa shape index (κ2) is 5.19. The van der Waals surface area contributed by atoms with Gasteiger partial charge in [0.2, 0.25) is 5.89 Å². The number of halogens is 1. The van der Waals surface area contributed by atoms with E-state index in [1.807, 2.05) is 7.05 Å². The van der Waals surface area contributed by atoms with Gasteiger partial charge in [-0.1, -0.05) is 13.8 Å². The Morgan fingerprint density at radius 3 is 2.82 bits per heavy atom. The molecular formula is C13H17BrN2O. The summed E-state index contributed by atoms with van der Waals surface area (Å²) >= 11 is 3.55. The lowest BCUT2D eigenvalue weighted by molar-refractivity contribution is 0.510. The van der Waals surface area contributed by atoms with Gasteiger partial charge in [0.25, 0.3) is 0 Å². The van der Waals surface area contributed by atoms with Gasteiger partial charge in [-0.15, -0.1) is 0 Å². The fourth-order valence-electron chi connectivity index (χ4n) is 1.91. The highest BCUT2D eigenvalue weighted by Crippen LogP contribution is 2.27. The Morgan fingerprint density at radius 2 is 2.18 bits per heavy atom. The van der Waals surface area contributed by atoms with Gasteiger partial charge < -0.3 is 9.73 Å². The second-order valence-corrected chi connectivity index (χ2v) is 5.52. The van der Waals surface area contributed by atoms with E-state index in [0.29, 0.717) is 12.5 Å². The predicted octanol–water partition coefficient (Wildman–Crippen LogP) is 3.51. The van der Waals surface area contributed by atoms with Gasteiger partial charge in [-0.3, -0.25) is 0 Å². The zero-order valence-electron chi connectivity index (χ0n) is 10.4. The molecule has 0 fully saturated rings. The van der Waals surface area contributed by atoms with E-state index in [1.54, 1.807) is 0 Å². The Morgan fingerprint density at radius 1 is 1.41 bits per heavy atom. The van der Waals surface area contributed by atoms with Crippen LogP contribution in [0.3, 0.4) is 0 Å². The van der Waals surface area contributed by atoms with Crippen LogP contribution < -0.4 is 5.32 Å². The molecule has 0 saturated carbocycles. The van der Waals surface area contributed by atoms with Crippen LogP contribution in [0.25, 0.3) is 11.1 Å². The molecule has 0 atom stereocenters. The van der Waals surface area contributed by atoms with Crippen LogP contribution in [0.15, 0.2) is 21.0 Å². The summed E-state index contributed by atoms with van der Waals surface area (Å²) in [6.07, 6.45) is 1.06. The molecule has 1 aromatic heterocycles. The maximum Gasteiger partial charge on any atom is 0.209 e. The van der Waals surface area contributed by atoms with Crippen LogP contribution in [0.4, 0.5) is 0 Å². The highest BCUT2D eigenvalue weighted by atomic mass is 79.9. The number of benzene rings is 1. The molecule has 0 aliphatic rings. The minimum atomic E-state index is 0.642. The summed E-state index contributed by atoms with van der Waals surface area (Å²) in [4.78, 5) is 4.47. The smallest absolute Gasteiger partial charge is 0.209 e. The van der Waals surface area contributed by atoms with Crippen molar-refractivity contribution in [3.8, 4) is 0 Å². The molecule has 2 rings (SSSR count). The lowest BCUT2D eigenvalue weighted by atomic mass is 10.0. The van der Waals surface area contributed by atoms with Crippen LogP contribution in [-0.2, 0) is 13.0 Å². The van der Waals surface area contributed by atoms with Gasteiger partial charge in [-0.25, -0.2) is 4.98 Å². The number of oxazole rings is 1. The minimum Gasteiger partial charge on any atom is -0.438 e. The molecule has 4 heteroatoms. The third-order valence-electron chi connectivity index (χ3n) is 2.52. The molecule has 17 heavy (non-hydrogen) atoms. The largest absolute Gasteiger partial charge is 0.438 e. The van der Waals surface area contributed by atoms with Gasteiger partial charge in [0.05, 0.1) is 11.0 Å². The second-order valence-electron chi connectivity index (χ2n) is 4.66. The van der Waals surface area contributed by atoms with E-state index in [1.165, 1.54) is 5.56 Å². The number of nitrogens with one attached hydrogen (secondary N) is 1. The highest BCUT2D eigenvalue weighted by Gasteiger charge is 2.10. The van der Waals surface area contributed by atoms with E-state index in [4.69, 9.17) is 4.42 Å². The fraction of sp³-hybridized carbons (Fsp3) is 0.462. The SMILES string of the molecule is CNCc1nc2cc(CC(C)C)cc(Br)c2o1. The predicted molar refractivity (Wildman–Crippen MR) is 73.0 cm³/mol. The fourth-order valence-corrected chi connectivity index (χ4v) is 2.49. The quantitative estimate of drug-likeness (QED) is 0.938. The van der Waals surface area contributed by atoms with E-state index in [-0.39, 0.29) is 0 Å². The highest BCUT2D eigenvalue weighted by molar-refractivity contribution is 9.10. The first kappa shape index (κ1) is 12.6. The number of nitrogens with zero attached hydrogens (tertiary/aromatic N) is 1. The van der Waals surface area contributed by atoms with Crippen LogP contribution >= 0.6 is 15.9 Å². The first-order valence-corrected chi connectivity index (χ1v) is 6.62. The van der Waals surface area contributed by atoms with E-state index in [2.05, 4.69) is 52.2 Å². The van der Waals surface area contributed by atoms with Crippen molar-refractivity contribution in [1.29, 1.82) is 0 Å². The molecule has 92 valence electrons. The molecule has 2 aromatic rings. The summed E-state index contributed by atoms with van der Waals surface area (Å²) in [6, 6.07) is 4.24. The third kappa shape index (κ3) is 2.87. The molecule has 0 radical (unpaired) electrons. The summed E-state index contributed by atoms with van der Waals surface area (Å²) < 4.78 is 6.67. The Kier molecular flexibility index (Phi) is 3.84. The summed E-state index contributed by atoms with van der Waals surface area (Å²) in [5.41, 5.74) is 3.06. The lowest BCUT2D eigenvalue weighted by Crippen LogP contribution is -2.04. The summed E-state index contributed by atoms with van der Waals surface area (Å²) in [6.45, 7) is 5.08. The van der Waals surface area contributed by atoms with Crippen molar-refractivity contribution < 1.29 is 4.42 Å². The maximum atomic E-state index is 5.68. The molecular weight excluding hydrogens is 280 g/mol. The van der Waals surface area contributed by atoms with Crippen molar-refractivity contribution in [2.24, 2.45) is 5.92 Å². The number of hydrogen-bond donors (Lipinski definition) is 1. The molecule has 0 bridgehead atoms. The minimum absolute atomic E-state index is 0.642. The first-order valence-electron chi connectivity index (χ1n) is 5.82. The first-order chi connectivity index (χ1) is 8.10. The Balaban J connectivity index is 2.42. The number of rotatable bonds is 4. The van der Waals surface area contributed by atoms with Gasteiger partial charge in [0.1, 0.15) is 5.52 Å². The van der Waals surface area contributed by atoms with E-state index >= 15 is 0 Å². The third-order valence-corrected chi connectivity index (χ3v) is 3.11. The molecule has 1 heterocycles. The zero-order chi connectivity index (χ0) is 12.4.